The number of alkyl halides is 3. The number of rotatable bonds is 6. The molecule has 0 spiro atoms. The van der Waals surface area contributed by atoms with E-state index in [2.05, 4.69) is 15.6 Å². The molecule has 8 nitrogen and oxygen atoms in total. The Morgan fingerprint density at radius 1 is 1.05 bits per heavy atom. The molecule has 40 heavy (non-hydrogen) atoms. The van der Waals surface area contributed by atoms with Crippen LogP contribution < -0.4 is 10.6 Å². The lowest BCUT2D eigenvalue weighted by Gasteiger charge is -2.36. The van der Waals surface area contributed by atoms with Crippen LogP contribution in [0.2, 0.25) is 0 Å². The Bertz CT molecular complexity index is 1220. The minimum Gasteiger partial charge on any atom is -0.444 e. The Labute approximate surface area is 236 Å². The summed E-state index contributed by atoms with van der Waals surface area (Å²) < 4.78 is 47.7. The second-order valence-electron chi connectivity index (χ2n) is 12.0. The van der Waals surface area contributed by atoms with Crippen molar-refractivity contribution in [2.75, 3.05) is 6.54 Å². The number of hydrogen-bond acceptors (Lipinski definition) is 6. The van der Waals surface area contributed by atoms with Crippen molar-refractivity contribution in [1.82, 2.24) is 20.5 Å². The van der Waals surface area contributed by atoms with Crippen molar-refractivity contribution in [3.8, 4) is 10.4 Å². The molecule has 0 unspecified atom stereocenters. The average molecular weight is 583 g/mol. The highest BCUT2D eigenvalue weighted by Gasteiger charge is 2.46. The molecule has 1 aromatic carbocycles. The van der Waals surface area contributed by atoms with Gasteiger partial charge in [0.1, 0.15) is 17.7 Å². The number of nitrogens with one attached hydrogen (secondary N) is 2. The minimum absolute atomic E-state index is 0.123. The molecule has 3 atom stereocenters. The third-order valence-corrected chi connectivity index (χ3v) is 7.46. The summed E-state index contributed by atoms with van der Waals surface area (Å²) in [7, 11) is 0. The van der Waals surface area contributed by atoms with Gasteiger partial charge in [-0.1, -0.05) is 45.0 Å². The molecule has 220 valence electrons. The van der Waals surface area contributed by atoms with Crippen LogP contribution in [0.4, 0.5) is 18.0 Å². The molecular formula is C28H37F3N4O4S. The van der Waals surface area contributed by atoms with Crippen LogP contribution in [0, 0.1) is 12.3 Å². The number of aryl methyl sites for hydroxylation is 1. The van der Waals surface area contributed by atoms with Gasteiger partial charge < -0.3 is 20.3 Å². The number of aromatic nitrogens is 1. The highest BCUT2D eigenvalue weighted by molar-refractivity contribution is 7.13. The van der Waals surface area contributed by atoms with Crippen LogP contribution >= 0.6 is 11.3 Å². The highest BCUT2D eigenvalue weighted by atomic mass is 32.1. The predicted octanol–water partition coefficient (Wildman–Crippen LogP) is 5.77. The van der Waals surface area contributed by atoms with Gasteiger partial charge in [-0.15, -0.1) is 11.3 Å². The van der Waals surface area contributed by atoms with Gasteiger partial charge in [0.25, 0.3) is 0 Å². The van der Waals surface area contributed by atoms with Crippen LogP contribution in [0.1, 0.15) is 71.7 Å². The van der Waals surface area contributed by atoms with Gasteiger partial charge in [0.15, 0.2) is 6.04 Å². The third-order valence-electron chi connectivity index (χ3n) is 6.48. The zero-order chi connectivity index (χ0) is 30.0. The van der Waals surface area contributed by atoms with E-state index >= 15 is 0 Å². The number of carbonyl (C=O) groups is 3. The highest BCUT2D eigenvalue weighted by Crippen LogP contribution is 2.35. The first-order valence-corrected chi connectivity index (χ1v) is 13.9. The van der Waals surface area contributed by atoms with Gasteiger partial charge in [-0.05, 0) is 57.1 Å². The fourth-order valence-corrected chi connectivity index (χ4v) is 5.35. The number of likely N-dealkylation sites (tertiary alicyclic amines) is 1. The SMILES string of the molecule is Cc1ncsc1-c1ccc([C@@H](NC(=O)[C@@H]2CCCN2C(=O)[C@@H](NC(=O)OC(C)(C)C)C(C)(C)C)C(F)(F)F)cc1. The smallest absolute Gasteiger partial charge is 0.412 e. The van der Waals surface area contributed by atoms with Crippen LogP contribution in [0.25, 0.3) is 10.4 Å². The molecule has 1 aromatic heterocycles. The van der Waals surface area contributed by atoms with Crippen molar-refractivity contribution in [1.29, 1.82) is 0 Å². The average Bonchev–Trinajstić information content (AvgIpc) is 3.47. The summed E-state index contributed by atoms with van der Waals surface area (Å²) in [6.07, 6.45) is -4.92. The maximum atomic E-state index is 14.1. The number of nitrogens with zero attached hydrogens (tertiary/aromatic N) is 2. The summed E-state index contributed by atoms with van der Waals surface area (Å²) in [6.45, 7) is 12.3. The standard InChI is InChI=1S/C28H37F3N4O4S/c1-16-20(40-15-32-16)17-10-12-18(13-11-17)21(28(29,30)31)33-23(36)19-9-8-14-35(19)24(37)22(26(2,3)4)34-25(38)39-27(5,6)7/h10-13,15,19,21-22H,8-9,14H2,1-7H3,(H,33,36)(H,34,38)/t19-,21+,22+/m0/s1. The molecule has 1 saturated heterocycles. The van der Waals surface area contributed by atoms with E-state index < -0.39 is 53.2 Å². The van der Waals surface area contributed by atoms with Crippen molar-refractivity contribution in [2.45, 2.75) is 91.2 Å². The van der Waals surface area contributed by atoms with Crippen molar-refractivity contribution in [3.05, 3.63) is 41.0 Å². The molecule has 2 N–H and O–H groups in total. The van der Waals surface area contributed by atoms with Crippen molar-refractivity contribution >= 4 is 29.2 Å². The maximum Gasteiger partial charge on any atom is 0.412 e. The van der Waals surface area contributed by atoms with Gasteiger partial charge in [0, 0.05) is 6.54 Å². The number of thiazole rings is 1. The van der Waals surface area contributed by atoms with Gasteiger partial charge in [0.2, 0.25) is 11.8 Å². The number of amides is 3. The van der Waals surface area contributed by atoms with Gasteiger partial charge in [-0.2, -0.15) is 13.2 Å². The van der Waals surface area contributed by atoms with E-state index in [4.69, 9.17) is 4.74 Å². The fraction of sp³-hybridized carbons (Fsp3) is 0.571. The lowest BCUT2D eigenvalue weighted by molar-refractivity contribution is -0.165. The minimum atomic E-state index is -4.77. The number of hydrogen-bond donors (Lipinski definition) is 2. The summed E-state index contributed by atoms with van der Waals surface area (Å²) in [5, 5.41) is 4.73. The Balaban J connectivity index is 1.80. The molecule has 0 aliphatic carbocycles. The van der Waals surface area contributed by atoms with E-state index in [9.17, 15) is 27.6 Å². The first kappa shape index (κ1) is 31.4. The number of alkyl carbamates (subject to hydrolysis) is 1. The number of benzene rings is 1. The Morgan fingerprint density at radius 3 is 2.17 bits per heavy atom. The lowest BCUT2D eigenvalue weighted by atomic mass is 9.85. The van der Waals surface area contributed by atoms with E-state index in [1.807, 2.05) is 6.92 Å². The largest absolute Gasteiger partial charge is 0.444 e. The topological polar surface area (TPSA) is 101 Å². The number of ether oxygens (including phenoxy) is 1. The van der Waals surface area contributed by atoms with Gasteiger partial charge in [-0.3, -0.25) is 9.59 Å². The zero-order valence-corrected chi connectivity index (χ0v) is 24.6. The molecule has 0 saturated carbocycles. The zero-order valence-electron chi connectivity index (χ0n) is 23.8. The summed E-state index contributed by atoms with van der Waals surface area (Å²) in [6, 6.07) is 1.40. The molecule has 1 fully saturated rings. The van der Waals surface area contributed by atoms with Crippen molar-refractivity contribution in [3.63, 3.8) is 0 Å². The van der Waals surface area contributed by atoms with Crippen LogP contribution in [-0.4, -0.2) is 58.2 Å². The fourth-order valence-electron chi connectivity index (χ4n) is 4.54. The number of halogens is 3. The van der Waals surface area contributed by atoms with E-state index in [1.165, 1.54) is 28.4 Å². The Hall–Kier alpha value is -3.15. The van der Waals surface area contributed by atoms with Crippen LogP contribution in [-0.2, 0) is 14.3 Å². The van der Waals surface area contributed by atoms with Gasteiger partial charge in [0.05, 0.1) is 16.1 Å². The summed E-state index contributed by atoms with van der Waals surface area (Å²) in [4.78, 5) is 45.6. The van der Waals surface area contributed by atoms with Crippen molar-refractivity contribution in [2.24, 2.45) is 5.41 Å². The van der Waals surface area contributed by atoms with E-state index in [-0.39, 0.29) is 18.5 Å². The molecule has 0 radical (unpaired) electrons. The maximum absolute atomic E-state index is 14.1. The molecule has 1 aliphatic rings. The molecule has 12 heteroatoms. The van der Waals surface area contributed by atoms with Crippen LogP contribution in [0.3, 0.4) is 0 Å². The lowest BCUT2D eigenvalue weighted by Crippen LogP contribution is -2.58. The molecule has 2 heterocycles. The normalized spacial score (nSPS) is 17.8. The quantitative estimate of drug-likeness (QED) is 0.451. The van der Waals surface area contributed by atoms with E-state index in [1.54, 1.807) is 59.2 Å². The van der Waals surface area contributed by atoms with Gasteiger partial charge >= 0.3 is 12.3 Å². The van der Waals surface area contributed by atoms with Crippen LogP contribution in [0.5, 0.6) is 0 Å². The molecule has 3 rings (SSSR count). The molecule has 3 amide bonds. The van der Waals surface area contributed by atoms with Crippen molar-refractivity contribution < 1.29 is 32.3 Å². The first-order chi connectivity index (χ1) is 18.4. The Kier molecular flexibility index (Phi) is 9.22. The first-order valence-electron chi connectivity index (χ1n) is 13.1. The molecule has 0 bridgehead atoms. The summed E-state index contributed by atoms with van der Waals surface area (Å²) >= 11 is 1.39. The van der Waals surface area contributed by atoms with Gasteiger partial charge in [-0.25, -0.2) is 9.78 Å². The molecular weight excluding hydrogens is 545 g/mol. The number of carbonyl (C=O) groups excluding carboxylic acids is 3. The molecule has 1 aliphatic heterocycles. The van der Waals surface area contributed by atoms with E-state index in [0.717, 1.165) is 16.1 Å². The second-order valence-corrected chi connectivity index (χ2v) is 12.9. The van der Waals surface area contributed by atoms with E-state index in [0.29, 0.717) is 6.42 Å². The third kappa shape index (κ3) is 7.74. The second kappa shape index (κ2) is 11.8. The van der Waals surface area contributed by atoms with Crippen LogP contribution in [0.15, 0.2) is 29.8 Å². The Morgan fingerprint density at radius 2 is 1.68 bits per heavy atom. The monoisotopic (exact) mass is 582 g/mol. The summed E-state index contributed by atoms with van der Waals surface area (Å²) in [5.41, 5.74) is 1.50. The summed E-state index contributed by atoms with van der Waals surface area (Å²) in [5.74, 6) is -1.45. The molecule has 2 aromatic rings. The predicted molar refractivity (Wildman–Crippen MR) is 147 cm³/mol.